The highest BCUT2D eigenvalue weighted by Crippen LogP contribution is 2.22. The lowest BCUT2D eigenvalue weighted by molar-refractivity contribution is 0.0677. The van der Waals surface area contributed by atoms with E-state index in [1.165, 1.54) is 0 Å². The molecule has 0 N–H and O–H groups in total. The summed E-state index contributed by atoms with van der Waals surface area (Å²) >= 11 is 0. The van der Waals surface area contributed by atoms with Crippen LogP contribution in [-0.4, -0.2) is 23.9 Å². The highest BCUT2D eigenvalue weighted by Gasteiger charge is 2.25. The fourth-order valence-corrected chi connectivity index (χ4v) is 2.45. The molecule has 2 heterocycles. The molecule has 1 saturated heterocycles. The molecule has 1 aromatic heterocycles. The lowest BCUT2D eigenvalue weighted by atomic mass is 9.98. The zero-order valence-electron chi connectivity index (χ0n) is 10.5. The monoisotopic (exact) mass is 254 g/mol. The number of rotatable bonds is 1. The van der Waals surface area contributed by atoms with Crippen LogP contribution in [0.5, 0.6) is 0 Å². The van der Waals surface area contributed by atoms with Crippen LogP contribution in [0.2, 0.25) is 0 Å². The predicted octanol–water partition coefficient (Wildman–Crippen LogP) is 2.81. The van der Waals surface area contributed by atoms with Crippen LogP contribution in [0, 0.1) is 17.2 Å². The molecule has 1 aliphatic heterocycles. The van der Waals surface area contributed by atoms with Crippen LogP contribution in [-0.2, 0) is 0 Å². The second kappa shape index (κ2) is 4.77. The third-order valence-corrected chi connectivity index (χ3v) is 3.60. The normalized spacial score (nSPS) is 16.5. The van der Waals surface area contributed by atoms with Crippen LogP contribution in [0.15, 0.2) is 34.7 Å². The Morgan fingerprint density at radius 1 is 1.32 bits per heavy atom. The first kappa shape index (κ1) is 11.8. The average molecular weight is 254 g/mol. The third-order valence-electron chi connectivity index (χ3n) is 3.60. The SMILES string of the molecule is N#CC1CCN(C(=O)c2cc3ccccc3o2)CC1. The highest BCUT2D eigenvalue weighted by molar-refractivity contribution is 5.96. The number of para-hydroxylation sites is 1. The first-order valence-corrected chi connectivity index (χ1v) is 6.45. The quantitative estimate of drug-likeness (QED) is 0.786. The van der Waals surface area contributed by atoms with Gasteiger partial charge in [-0.3, -0.25) is 4.79 Å². The number of hydrogen-bond acceptors (Lipinski definition) is 3. The number of carbonyl (C=O) groups excluding carboxylic acids is 1. The molecule has 4 heteroatoms. The van der Waals surface area contributed by atoms with Gasteiger partial charge in [-0.2, -0.15) is 5.26 Å². The van der Waals surface area contributed by atoms with Crippen molar-refractivity contribution in [1.29, 1.82) is 5.26 Å². The molecule has 1 aliphatic rings. The Hall–Kier alpha value is -2.28. The molecule has 0 bridgehead atoms. The van der Waals surface area contributed by atoms with E-state index in [0.717, 1.165) is 23.8 Å². The van der Waals surface area contributed by atoms with E-state index >= 15 is 0 Å². The van der Waals surface area contributed by atoms with Crippen LogP contribution < -0.4 is 0 Å². The minimum absolute atomic E-state index is 0.0763. The maximum Gasteiger partial charge on any atom is 0.289 e. The number of nitrogens with zero attached hydrogens (tertiary/aromatic N) is 2. The summed E-state index contributed by atoms with van der Waals surface area (Å²) in [5, 5.41) is 9.80. The van der Waals surface area contributed by atoms with Crippen LogP contribution in [0.1, 0.15) is 23.4 Å². The van der Waals surface area contributed by atoms with Crippen molar-refractivity contribution in [1.82, 2.24) is 4.90 Å². The first-order chi connectivity index (χ1) is 9.28. The molecule has 0 radical (unpaired) electrons. The van der Waals surface area contributed by atoms with Gasteiger partial charge in [0.15, 0.2) is 5.76 Å². The van der Waals surface area contributed by atoms with Gasteiger partial charge < -0.3 is 9.32 Å². The zero-order chi connectivity index (χ0) is 13.2. The van der Waals surface area contributed by atoms with Crippen LogP contribution in [0.25, 0.3) is 11.0 Å². The Bertz CT molecular complexity index is 612. The molecule has 0 aliphatic carbocycles. The van der Waals surface area contributed by atoms with Crippen molar-refractivity contribution in [3.8, 4) is 6.07 Å². The van der Waals surface area contributed by atoms with E-state index in [1.54, 1.807) is 11.0 Å². The number of carbonyl (C=O) groups is 1. The Balaban J connectivity index is 1.79. The fourth-order valence-electron chi connectivity index (χ4n) is 2.45. The van der Waals surface area contributed by atoms with Crippen molar-refractivity contribution in [3.63, 3.8) is 0 Å². The molecule has 3 rings (SSSR count). The Labute approximate surface area is 111 Å². The van der Waals surface area contributed by atoms with Gasteiger partial charge in [-0.15, -0.1) is 0 Å². The number of hydrogen-bond donors (Lipinski definition) is 0. The van der Waals surface area contributed by atoms with Crippen molar-refractivity contribution >= 4 is 16.9 Å². The van der Waals surface area contributed by atoms with Crippen LogP contribution in [0.4, 0.5) is 0 Å². The van der Waals surface area contributed by atoms with Gasteiger partial charge in [0.25, 0.3) is 5.91 Å². The Morgan fingerprint density at radius 2 is 2.05 bits per heavy atom. The number of benzene rings is 1. The summed E-state index contributed by atoms with van der Waals surface area (Å²) in [5.74, 6) is 0.393. The van der Waals surface area contributed by atoms with E-state index < -0.39 is 0 Å². The lowest BCUT2D eigenvalue weighted by Crippen LogP contribution is -2.38. The van der Waals surface area contributed by atoms with Crippen LogP contribution in [0.3, 0.4) is 0 Å². The minimum Gasteiger partial charge on any atom is -0.451 e. The lowest BCUT2D eigenvalue weighted by Gasteiger charge is -2.28. The molecule has 1 fully saturated rings. The molecule has 2 aromatic rings. The largest absolute Gasteiger partial charge is 0.451 e. The van der Waals surface area contributed by atoms with E-state index in [-0.39, 0.29) is 11.8 Å². The summed E-state index contributed by atoms with van der Waals surface area (Å²) in [6.07, 6.45) is 1.50. The molecule has 19 heavy (non-hydrogen) atoms. The second-order valence-electron chi connectivity index (χ2n) is 4.84. The standard InChI is InChI=1S/C15H14N2O2/c16-10-11-5-7-17(8-6-11)15(18)14-9-12-3-1-2-4-13(12)19-14/h1-4,9,11H,5-8H2. The first-order valence-electron chi connectivity index (χ1n) is 6.45. The molecule has 0 spiro atoms. The Morgan fingerprint density at radius 3 is 2.74 bits per heavy atom. The van der Waals surface area contributed by atoms with Crippen molar-refractivity contribution in [3.05, 3.63) is 36.1 Å². The van der Waals surface area contributed by atoms with Gasteiger partial charge >= 0.3 is 0 Å². The predicted molar refractivity (Wildman–Crippen MR) is 70.5 cm³/mol. The van der Waals surface area contributed by atoms with Crippen LogP contribution >= 0.6 is 0 Å². The summed E-state index contributed by atoms with van der Waals surface area (Å²) in [6, 6.07) is 11.6. The average Bonchev–Trinajstić information content (AvgIpc) is 2.90. The van der Waals surface area contributed by atoms with E-state index in [9.17, 15) is 4.79 Å². The summed E-state index contributed by atoms with van der Waals surface area (Å²) in [6.45, 7) is 1.27. The second-order valence-corrected chi connectivity index (χ2v) is 4.84. The van der Waals surface area contributed by atoms with Gasteiger partial charge in [-0.25, -0.2) is 0 Å². The molecule has 96 valence electrons. The number of nitriles is 1. The van der Waals surface area contributed by atoms with Gasteiger partial charge in [0.2, 0.25) is 0 Å². The number of fused-ring (bicyclic) bond motifs is 1. The topological polar surface area (TPSA) is 57.2 Å². The van der Waals surface area contributed by atoms with E-state index in [0.29, 0.717) is 18.8 Å². The summed E-state index contributed by atoms with van der Waals surface area (Å²) in [5.41, 5.74) is 0.734. The highest BCUT2D eigenvalue weighted by atomic mass is 16.3. The van der Waals surface area contributed by atoms with Gasteiger partial charge in [-0.05, 0) is 25.0 Å². The van der Waals surface area contributed by atoms with Crippen molar-refractivity contribution < 1.29 is 9.21 Å². The molecule has 0 saturated carbocycles. The number of amides is 1. The smallest absolute Gasteiger partial charge is 0.289 e. The van der Waals surface area contributed by atoms with Crippen molar-refractivity contribution in [2.24, 2.45) is 5.92 Å². The molecule has 1 aromatic carbocycles. The summed E-state index contributed by atoms with van der Waals surface area (Å²) in [7, 11) is 0. The Kier molecular flexibility index (Phi) is 2.96. The maximum absolute atomic E-state index is 12.3. The van der Waals surface area contributed by atoms with Gasteiger partial charge in [0.1, 0.15) is 5.58 Å². The van der Waals surface area contributed by atoms with E-state index in [1.807, 2.05) is 24.3 Å². The summed E-state index contributed by atoms with van der Waals surface area (Å²) in [4.78, 5) is 14.1. The van der Waals surface area contributed by atoms with Gasteiger partial charge in [0.05, 0.1) is 6.07 Å². The minimum atomic E-state index is -0.0763. The van der Waals surface area contributed by atoms with E-state index in [4.69, 9.17) is 9.68 Å². The molecular weight excluding hydrogens is 240 g/mol. The van der Waals surface area contributed by atoms with Gasteiger partial charge in [-0.1, -0.05) is 18.2 Å². The van der Waals surface area contributed by atoms with Crippen molar-refractivity contribution in [2.45, 2.75) is 12.8 Å². The van der Waals surface area contributed by atoms with Crippen molar-refractivity contribution in [2.75, 3.05) is 13.1 Å². The number of likely N-dealkylation sites (tertiary alicyclic amines) is 1. The number of furan rings is 1. The molecule has 0 unspecified atom stereocenters. The van der Waals surface area contributed by atoms with Gasteiger partial charge in [0, 0.05) is 24.4 Å². The zero-order valence-corrected chi connectivity index (χ0v) is 10.5. The van der Waals surface area contributed by atoms with E-state index in [2.05, 4.69) is 6.07 Å². The molecule has 1 amide bonds. The summed E-state index contributed by atoms with van der Waals surface area (Å²) < 4.78 is 5.58. The molecular formula is C15H14N2O2. The fraction of sp³-hybridized carbons (Fsp3) is 0.333. The third kappa shape index (κ3) is 2.19. The molecule has 0 atom stereocenters. The number of piperidine rings is 1. The molecule has 4 nitrogen and oxygen atoms in total. The maximum atomic E-state index is 12.3.